The van der Waals surface area contributed by atoms with Crippen LogP contribution in [-0.4, -0.2) is 39.0 Å². The Labute approximate surface area is 116 Å². The van der Waals surface area contributed by atoms with Crippen LogP contribution in [0.2, 0.25) is 5.02 Å². The van der Waals surface area contributed by atoms with Crippen LogP contribution in [0.1, 0.15) is 36.7 Å². The number of aromatic nitrogens is 1. The molecule has 1 atom stereocenters. The van der Waals surface area contributed by atoms with E-state index in [1.807, 2.05) is 6.92 Å². The quantitative estimate of drug-likeness (QED) is 0.926. The maximum atomic E-state index is 12.5. The zero-order valence-electron chi connectivity index (χ0n) is 10.8. The molecule has 19 heavy (non-hydrogen) atoms. The maximum absolute atomic E-state index is 12.5. The van der Waals surface area contributed by atoms with Crippen LogP contribution in [-0.2, 0) is 11.3 Å². The monoisotopic (exact) mass is 284 g/mol. The average molecular weight is 285 g/mol. The minimum Gasteiger partial charge on any atom is -0.480 e. The van der Waals surface area contributed by atoms with Gasteiger partial charge in [-0.1, -0.05) is 11.6 Å². The second-order valence-corrected chi connectivity index (χ2v) is 5.11. The number of carboxylic acids is 1. The summed E-state index contributed by atoms with van der Waals surface area (Å²) in [5.41, 5.74) is 0.459. The predicted molar refractivity (Wildman–Crippen MR) is 71.4 cm³/mol. The summed E-state index contributed by atoms with van der Waals surface area (Å²) in [5.74, 6) is -1.19. The number of hydrogen-bond donors (Lipinski definition) is 1. The standard InChI is InChI=1S/C13H17ClN2O3/c1-2-15-8-9(14)7-11(15)12(17)16-6-4-3-5-10(16)13(18)19/h7-8,10H,2-6H2,1H3,(H,18,19)/t10-/m0/s1. The zero-order valence-corrected chi connectivity index (χ0v) is 11.6. The Balaban J connectivity index is 2.28. The number of hydrogen-bond acceptors (Lipinski definition) is 2. The first-order chi connectivity index (χ1) is 9.04. The van der Waals surface area contributed by atoms with E-state index in [1.54, 1.807) is 16.8 Å². The van der Waals surface area contributed by atoms with Gasteiger partial charge in [0.25, 0.3) is 5.91 Å². The fourth-order valence-corrected chi connectivity index (χ4v) is 2.72. The van der Waals surface area contributed by atoms with E-state index in [0.29, 0.717) is 30.2 Å². The third-order valence-corrected chi connectivity index (χ3v) is 3.68. The lowest BCUT2D eigenvalue weighted by atomic mass is 10.0. The van der Waals surface area contributed by atoms with Crippen molar-refractivity contribution in [3.63, 3.8) is 0 Å². The summed E-state index contributed by atoms with van der Waals surface area (Å²) in [6.07, 6.45) is 3.89. The molecule has 0 spiro atoms. The summed E-state index contributed by atoms with van der Waals surface area (Å²) < 4.78 is 1.75. The normalized spacial score (nSPS) is 19.5. The molecule has 2 rings (SSSR count). The largest absolute Gasteiger partial charge is 0.480 e. The molecule has 104 valence electrons. The number of likely N-dealkylation sites (tertiary alicyclic amines) is 1. The number of aryl methyl sites for hydroxylation is 1. The van der Waals surface area contributed by atoms with E-state index in [1.165, 1.54) is 4.90 Å². The van der Waals surface area contributed by atoms with Crippen molar-refractivity contribution < 1.29 is 14.7 Å². The van der Waals surface area contributed by atoms with Gasteiger partial charge in [-0.15, -0.1) is 0 Å². The molecule has 5 nitrogen and oxygen atoms in total. The molecule has 1 aromatic heterocycles. The van der Waals surface area contributed by atoms with Crippen LogP contribution < -0.4 is 0 Å². The number of halogens is 1. The second kappa shape index (κ2) is 5.65. The van der Waals surface area contributed by atoms with Crippen LogP contribution in [0.3, 0.4) is 0 Å². The molecular formula is C13H17ClN2O3. The lowest BCUT2D eigenvalue weighted by molar-refractivity contribution is -0.143. The van der Waals surface area contributed by atoms with E-state index in [2.05, 4.69) is 0 Å². The molecule has 0 radical (unpaired) electrons. The van der Waals surface area contributed by atoms with Gasteiger partial charge in [-0.25, -0.2) is 4.79 Å². The first kappa shape index (κ1) is 13.9. The summed E-state index contributed by atoms with van der Waals surface area (Å²) in [4.78, 5) is 25.2. The smallest absolute Gasteiger partial charge is 0.326 e. The highest BCUT2D eigenvalue weighted by Crippen LogP contribution is 2.22. The Morgan fingerprint density at radius 3 is 2.84 bits per heavy atom. The summed E-state index contributed by atoms with van der Waals surface area (Å²) >= 11 is 5.92. The van der Waals surface area contributed by atoms with Crippen molar-refractivity contribution in [3.05, 3.63) is 23.0 Å². The number of piperidine rings is 1. The fourth-order valence-electron chi connectivity index (χ4n) is 2.49. The van der Waals surface area contributed by atoms with E-state index in [4.69, 9.17) is 11.6 Å². The lowest BCUT2D eigenvalue weighted by Gasteiger charge is -2.33. The number of carboxylic acid groups (broad SMARTS) is 1. The molecular weight excluding hydrogens is 268 g/mol. The van der Waals surface area contributed by atoms with Gasteiger partial charge in [0.05, 0.1) is 5.02 Å². The average Bonchev–Trinajstić information content (AvgIpc) is 2.79. The van der Waals surface area contributed by atoms with Gasteiger partial charge in [0, 0.05) is 19.3 Å². The number of rotatable bonds is 3. The van der Waals surface area contributed by atoms with Crippen molar-refractivity contribution in [2.45, 2.75) is 38.8 Å². The highest BCUT2D eigenvalue weighted by Gasteiger charge is 2.33. The van der Waals surface area contributed by atoms with Gasteiger partial charge in [-0.2, -0.15) is 0 Å². The first-order valence-electron chi connectivity index (χ1n) is 6.44. The molecule has 0 unspecified atom stereocenters. The van der Waals surface area contributed by atoms with Crippen molar-refractivity contribution in [1.29, 1.82) is 0 Å². The van der Waals surface area contributed by atoms with Gasteiger partial charge in [0.2, 0.25) is 0 Å². The van der Waals surface area contributed by atoms with Crippen molar-refractivity contribution in [2.75, 3.05) is 6.54 Å². The van der Waals surface area contributed by atoms with E-state index in [0.717, 1.165) is 12.8 Å². The van der Waals surface area contributed by atoms with Crippen molar-refractivity contribution in [1.82, 2.24) is 9.47 Å². The minimum atomic E-state index is -0.936. The Hall–Kier alpha value is -1.49. The molecule has 2 heterocycles. The third-order valence-electron chi connectivity index (χ3n) is 3.47. The third kappa shape index (κ3) is 2.76. The first-order valence-corrected chi connectivity index (χ1v) is 6.81. The van der Waals surface area contributed by atoms with Crippen LogP contribution in [0.15, 0.2) is 12.3 Å². The zero-order chi connectivity index (χ0) is 14.0. The minimum absolute atomic E-state index is 0.249. The van der Waals surface area contributed by atoms with Gasteiger partial charge >= 0.3 is 5.97 Å². The second-order valence-electron chi connectivity index (χ2n) is 4.68. The Bertz CT molecular complexity index is 498. The Morgan fingerprint density at radius 1 is 1.47 bits per heavy atom. The van der Waals surface area contributed by atoms with Gasteiger partial charge in [0.15, 0.2) is 0 Å². The SMILES string of the molecule is CCn1cc(Cl)cc1C(=O)N1CCCC[C@H]1C(=O)O. The van der Waals surface area contributed by atoms with Crippen molar-refractivity contribution in [3.8, 4) is 0 Å². The number of nitrogens with zero attached hydrogens (tertiary/aromatic N) is 2. The summed E-state index contributed by atoms with van der Waals surface area (Å²) in [6.45, 7) is 3.03. The molecule has 1 aliphatic rings. The molecule has 0 saturated carbocycles. The van der Waals surface area contributed by atoms with Gasteiger partial charge in [-0.05, 0) is 32.3 Å². The molecule has 1 fully saturated rings. The van der Waals surface area contributed by atoms with Crippen LogP contribution in [0.25, 0.3) is 0 Å². The maximum Gasteiger partial charge on any atom is 0.326 e. The van der Waals surface area contributed by atoms with E-state index >= 15 is 0 Å². The van der Waals surface area contributed by atoms with E-state index in [9.17, 15) is 14.7 Å². The fraction of sp³-hybridized carbons (Fsp3) is 0.538. The van der Waals surface area contributed by atoms with Crippen LogP contribution in [0, 0.1) is 0 Å². The molecule has 1 N–H and O–H groups in total. The number of amides is 1. The molecule has 1 aliphatic heterocycles. The van der Waals surface area contributed by atoms with Crippen LogP contribution in [0.4, 0.5) is 0 Å². The van der Waals surface area contributed by atoms with Gasteiger partial charge in [-0.3, -0.25) is 4.79 Å². The molecule has 1 amide bonds. The number of carbonyl (C=O) groups is 2. The summed E-state index contributed by atoms with van der Waals surface area (Å²) in [7, 11) is 0. The van der Waals surface area contributed by atoms with Gasteiger partial charge < -0.3 is 14.6 Å². The molecule has 0 bridgehead atoms. The Morgan fingerprint density at radius 2 is 2.21 bits per heavy atom. The van der Waals surface area contributed by atoms with Crippen molar-refractivity contribution >= 4 is 23.5 Å². The summed E-state index contributed by atoms with van der Waals surface area (Å²) in [5, 5.41) is 9.70. The lowest BCUT2D eigenvalue weighted by Crippen LogP contribution is -2.48. The highest BCUT2D eigenvalue weighted by atomic mass is 35.5. The van der Waals surface area contributed by atoms with Crippen LogP contribution >= 0.6 is 11.6 Å². The van der Waals surface area contributed by atoms with E-state index in [-0.39, 0.29) is 5.91 Å². The molecule has 1 aromatic rings. The molecule has 6 heteroatoms. The molecule has 0 aliphatic carbocycles. The Kier molecular flexibility index (Phi) is 4.14. The van der Waals surface area contributed by atoms with E-state index < -0.39 is 12.0 Å². The number of carbonyl (C=O) groups excluding carboxylic acids is 1. The van der Waals surface area contributed by atoms with Crippen molar-refractivity contribution in [2.24, 2.45) is 0 Å². The molecule has 1 saturated heterocycles. The summed E-state index contributed by atoms with van der Waals surface area (Å²) in [6, 6.07) is 0.876. The topological polar surface area (TPSA) is 62.5 Å². The number of aliphatic carboxylic acids is 1. The predicted octanol–water partition coefficient (Wildman–Crippen LogP) is 2.24. The molecule has 0 aromatic carbocycles. The van der Waals surface area contributed by atoms with Gasteiger partial charge in [0.1, 0.15) is 11.7 Å². The van der Waals surface area contributed by atoms with Crippen LogP contribution in [0.5, 0.6) is 0 Å². The highest BCUT2D eigenvalue weighted by molar-refractivity contribution is 6.31.